The van der Waals surface area contributed by atoms with Crippen LogP contribution in [0.25, 0.3) is 0 Å². The molecule has 0 atom stereocenters. The van der Waals surface area contributed by atoms with E-state index in [0.717, 1.165) is 17.9 Å². The first-order chi connectivity index (χ1) is 16.6. The number of carbonyl (C=O) groups excluding carboxylic acids is 2. The molecule has 3 N–H and O–H groups in total. The van der Waals surface area contributed by atoms with Crippen LogP contribution in [0.1, 0.15) is 81.5 Å². The average molecular weight is 487 g/mol. The second-order valence-corrected chi connectivity index (χ2v) is 9.54. The fourth-order valence-electron chi connectivity index (χ4n) is 3.36. The van der Waals surface area contributed by atoms with Gasteiger partial charge < -0.3 is 9.84 Å². The molecular formula is C27H38N2O4S. The van der Waals surface area contributed by atoms with Gasteiger partial charge in [0.05, 0.1) is 0 Å². The van der Waals surface area contributed by atoms with Crippen LogP contribution in [-0.2, 0) is 4.79 Å². The minimum Gasteiger partial charge on any atom is -0.508 e. The lowest BCUT2D eigenvalue weighted by Crippen LogP contribution is -2.41. The summed E-state index contributed by atoms with van der Waals surface area (Å²) in [6.07, 6.45) is 11.8. The highest BCUT2D eigenvalue weighted by molar-refractivity contribution is 7.99. The molecule has 0 bridgehead atoms. The SMILES string of the molecule is CCCCCCCCCCSCCCC(=O)NNC(=O)c1ccc(Oc2ccc(O)cc2)cc1. The van der Waals surface area contributed by atoms with E-state index in [2.05, 4.69) is 17.8 Å². The molecule has 6 nitrogen and oxygen atoms in total. The predicted molar refractivity (Wildman–Crippen MR) is 139 cm³/mol. The first-order valence-electron chi connectivity index (χ1n) is 12.3. The highest BCUT2D eigenvalue weighted by atomic mass is 32.2. The molecule has 0 saturated heterocycles. The first kappa shape index (κ1) is 27.6. The Kier molecular flexibility index (Phi) is 13.7. The molecule has 0 fully saturated rings. The van der Waals surface area contributed by atoms with Crippen molar-refractivity contribution < 1.29 is 19.4 Å². The van der Waals surface area contributed by atoms with Gasteiger partial charge in [-0.05, 0) is 72.9 Å². The maximum absolute atomic E-state index is 12.2. The number of unbranched alkanes of at least 4 members (excludes halogenated alkanes) is 7. The number of phenolic OH excluding ortho intramolecular Hbond substituents is 1. The molecule has 2 aromatic rings. The number of amides is 2. The van der Waals surface area contributed by atoms with Crippen molar-refractivity contribution in [3.8, 4) is 17.2 Å². The van der Waals surface area contributed by atoms with E-state index in [1.54, 1.807) is 36.4 Å². The van der Waals surface area contributed by atoms with Crippen LogP contribution >= 0.6 is 11.8 Å². The van der Waals surface area contributed by atoms with Crippen molar-refractivity contribution >= 4 is 23.6 Å². The third kappa shape index (κ3) is 12.0. The summed E-state index contributed by atoms with van der Waals surface area (Å²) in [5.41, 5.74) is 5.35. The largest absolute Gasteiger partial charge is 0.508 e. The van der Waals surface area contributed by atoms with Crippen molar-refractivity contribution in [3.63, 3.8) is 0 Å². The monoisotopic (exact) mass is 486 g/mol. The lowest BCUT2D eigenvalue weighted by molar-refractivity contribution is -0.121. The molecule has 0 radical (unpaired) electrons. The molecule has 0 unspecified atom stereocenters. The van der Waals surface area contributed by atoms with E-state index < -0.39 is 0 Å². The Morgan fingerprint density at radius 3 is 1.97 bits per heavy atom. The van der Waals surface area contributed by atoms with E-state index in [9.17, 15) is 14.7 Å². The first-order valence-corrected chi connectivity index (χ1v) is 13.5. The number of phenols is 1. The van der Waals surface area contributed by atoms with E-state index in [1.165, 1.54) is 63.5 Å². The van der Waals surface area contributed by atoms with Gasteiger partial charge in [-0.25, -0.2) is 0 Å². The molecule has 186 valence electrons. The Morgan fingerprint density at radius 2 is 1.32 bits per heavy atom. The normalized spacial score (nSPS) is 10.6. The van der Waals surface area contributed by atoms with Crippen molar-refractivity contribution in [1.29, 1.82) is 0 Å². The molecular weight excluding hydrogens is 448 g/mol. The number of hydrogen-bond acceptors (Lipinski definition) is 5. The number of aromatic hydroxyl groups is 1. The van der Waals surface area contributed by atoms with Crippen LogP contribution in [0.5, 0.6) is 17.2 Å². The van der Waals surface area contributed by atoms with Gasteiger partial charge in [-0.1, -0.05) is 51.9 Å². The lowest BCUT2D eigenvalue weighted by atomic mass is 10.1. The maximum atomic E-state index is 12.2. The molecule has 7 heteroatoms. The zero-order valence-electron chi connectivity index (χ0n) is 20.2. The van der Waals surface area contributed by atoms with Crippen LogP contribution in [0.4, 0.5) is 0 Å². The van der Waals surface area contributed by atoms with E-state index in [4.69, 9.17) is 4.74 Å². The fraction of sp³-hybridized carbons (Fsp3) is 0.481. The third-order valence-corrected chi connectivity index (χ3v) is 6.49. The van der Waals surface area contributed by atoms with Crippen molar-refractivity contribution in [2.75, 3.05) is 11.5 Å². The van der Waals surface area contributed by atoms with Crippen molar-refractivity contribution in [1.82, 2.24) is 10.9 Å². The minimum absolute atomic E-state index is 0.166. The van der Waals surface area contributed by atoms with E-state index in [0.29, 0.717) is 23.5 Å². The molecule has 0 aliphatic rings. The number of thioether (sulfide) groups is 1. The number of hydrazine groups is 1. The Morgan fingerprint density at radius 1 is 0.765 bits per heavy atom. The molecule has 0 aromatic heterocycles. The van der Waals surface area contributed by atoms with Gasteiger partial charge >= 0.3 is 0 Å². The van der Waals surface area contributed by atoms with E-state index in [-0.39, 0.29) is 17.6 Å². The second-order valence-electron chi connectivity index (χ2n) is 8.31. The summed E-state index contributed by atoms with van der Waals surface area (Å²) in [5, 5.41) is 9.31. The topological polar surface area (TPSA) is 87.7 Å². The molecule has 0 spiro atoms. The number of carbonyl (C=O) groups is 2. The summed E-state index contributed by atoms with van der Waals surface area (Å²) in [5.74, 6) is 2.86. The molecule has 2 aromatic carbocycles. The summed E-state index contributed by atoms with van der Waals surface area (Å²) in [6.45, 7) is 2.25. The molecule has 34 heavy (non-hydrogen) atoms. The van der Waals surface area contributed by atoms with Crippen LogP contribution in [0.3, 0.4) is 0 Å². The number of nitrogens with one attached hydrogen (secondary N) is 2. The standard InChI is InChI=1S/C27H38N2O4S/c1-2-3-4-5-6-7-8-9-20-34-21-10-11-26(31)28-29-27(32)22-12-16-24(17-13-22)33-25-18-14-23(30)15-19-25/h12-19,30H,2-11,20-21H2,1H3,(H,28,31)(H,29,32). The van der Waals surface area contributed by atoms with Gasteiger partial charge in [-0.15, -0.1) is 0 Å². The summed E-state index contributed by atoms with van der Waals surface area (Å²) in [4.78, 5) is 24.2. The fourth-order valence-corrected chi connectivity index (χ4v) is 4.32. The third-order valence-electron chi connectivity index (χ3n) is 5.34. The Hall–Kier alpha value is -2.67. The highest BCUT2D eigenvalue weighted by Gasteiger charge is 2.08. The van der Waals surface area contributed by atoms with E-state index in [1.807, 2.05) is 11.8 Å². The molecule has 0 heterocycles. The van der Waals surface area contributed by atoms with E-state index >= 15 is 0 Å². The van der Waals surface area contributed by atoms with Crippen LogP contribution in [0, 0.1) is 0 Å². The van der Waals surface area contributed by atoms with Gasteiger partial charge in [0, 0.05) is 12.0 Å². The van der Waals surface area contributed by atoms with Crippen LogP contribution < -0.4 is 15.6 Å². The van der Waals surface area contributed by atoms with Gasteiger partial charge in [0.1, 0.15) is 17.2 Å². The highest BCUT2D eigenvalue weighted by Crippen LogP contribution is 2.23. The Balaban J connectivity index is 1.51. The number of rotatable bonds is 16. The van der Waals surface area contributed by atoms with Gasteiger partial charge in [0.25, 0.3) is 5.91 Å². The smallest absolute Gasteiger partial charge is 0.269 e. The zero-order chi connectivity index (χ0) is 24.4. The van der Waals surface area contributed by atoms with Gasteiger partial charge in [-0.3, -0.25) is 20.4 Å². The average Bonchev–Trinajstić information content (AvgIpc) is 2.85. The van der Waals surface area contributed by atoms with Crippen molar-refractivity contribution in [2.45, 2.75) is 71.1 Å². The second kappa shape index (κ2) is 16.9. The predicted octanol–water partition coefficient (Wildman–Crippen LogP) is 6.60. The summed E-state index contributed by atoms with van der Waals surface area (Å²) in [7, 11) is 0. The molecule has 0 aliphatic heterocycles. The van der Waals surface area contributed by atoms with Crippen molar-refractivity contribution in [2.24, 2.45) is 0 Å². The van der Waals surface area contributed by atoms with Crippen LogP contribution in [0.2, 0.25) is 0 Å². The summed E-state index contributed by atoms with van der Waals surface area (Å²) >= 11 is 1.90. The molecule has 0 saturated carbocycles. The summed E-state index contributed by atoms with van der Waals surface area (Å²) < 4.78 is 5.66. The molecule has 0 aliphatic carbocycles. The van der Waals surface area contributed by atoms with Gasteiger partial charge in [-0.2, -0.15) is 11.8 Å². The Bertz CT molecular complexity index is 841. The lowest BCUT2D eigenvalue weighted by Gasteiger charge is -2.09. The van der Waals surface area contributed by atoms with Gasteiger partial charge in [0.15, 0.2) is 0 Å². The van der Waals surface area contributed by atoms with Crippen LogP contribution in [0.15, 0.2) is 48.5 Å². The van der Waals surface area contributed by atoms with Crippen LogP contribution in [-0.4, -0.2) is 28.4 Å². The minimum atomic E-state index is -0.381. The summed E-state index contributed by atoms with van der Waals surface area (Å²) in [6, 6.07) is 13.0. The zero-order valence-corrected chi connectivity index (χ0v) is 21.0. The number of benzene rings is 2. The Labute approximate surface area is 207 Å². The quantitative estimate of drug-likeness (QED) is 0.184. The maximum Gasteiger partial charge on any atom is 0.269 e. The molecule has 2 rings (SSSR count). The van der Waals surface area contributed by atoms with Gasteiger partial charge in [0.2, 0.25) is 5.91 Å². The molecule has 2 amide bonds. The number of ether oxygens (including phenoxy) is 1. The van der Waals surface area contributed by atoms with Crippen molar-refractivity contribution in [3.05, 3.63) is 54.1 Å². The number of hydrogen-bond donors (Lipinski definition) is 3.